The Labute approximate surface area is 101 Å². The van der Waals surface area contributed by atoms with Gasteiger partial charge in [-0.15, -0.1) is 0 Å². The highest BCUT2D eigenvalue weighted by atomic mass is 15.3. The zero-order valence-corrected chi connectivity index (χ0v) is 10.6. The first kappa shape index (κ1) is 11.7. The summed E-state index contributed by atoms with van der Waals surface area (Å²) < 4.78 is 3.84. The summed E-state index contributed by atoms with van der Waals surface area (Å²) in [6, 6.07) is 2.04. The van der Waals surface area contributed by atoms with Crippen molar-refractivity contribution >= 4 is 5.69 Å². The average Bonchev–Trinajstić information content (AvgIpc) is 2.91. The van der Waals surface area contributed by atoms with E-state index in [9.17, 15) is 0 Å². The van der Waals surface area contributed by atoms with Gasteiger partial charge in [0.15, 0.2) is 0 Å². The van der Waals surface area contributed by atoms with E-state index >= 15 is 0 Å². The van der Waals surface area contributed by atoms with Gasteiger partial charge >= 0.3 is 0 Å². The number of anilines is 1. The molecule has 2 heterocycles. The van der Waals surface area contributed by atoms with E-state index < -0.39 is 0 Å². The van der Waals surface area contributed by atoms with Gasteiger partial charge in [-0.1, -0.05) is 6.92 Å². The molecule has 0 bridgehead atoms. The molecule has 0 aliphatic heterocycles. The molecule has 0 aliphatic rings. The minimum atomic E-state index is 0.784. The maximum Gasteiger partial charge on any atom is 0.0853 e. The summed E-state index contributed by atoms with van der Waals surface area (Å²) in [5.74, 6) is 0. The smallest absolute Gasteiger partial charge is 0.0853 e. The molecule has 0 radical (unpaired) electrons. The number of nitrogens with one attached hydrogen (secondary N) is 1. The molecule has 5 heteroatoms. The average molecular weight is 233 g/mol. The topological polar surface area (TPSA) is 47.7 Å². The molecule has 0 unspecified atom stereocenters. The van der Waals surface area contributed by atoms with Gasteiger partial charge in [-0.3, -0.25) is 9.36 Å². The van der Waals surface area contributed by atoms with Crippen LogP contribution in [0.2, 0.25) is 0 Å². The number of aromatic nitrogens is 4. The third-order valence-electron chi connectivity index (χ3n) is 2.80. The van der Waals surface area contributed by atoms with Crippen LogP contribution in [-0.2, 0) is 26.6 Å². The van der Waals surface area contributed by atoms with Crippen molar-refractivity contribution in [3.05, 3.63) is 29.8 Å². The first-order valence-corrected chi connectivity index (χ1v) is 6.01. The molecule has 17 heavy (non-hydrogen) atoms. The highest BCUT2D eigenvalue weighted by Crippen LogP contribution is 2.14. The molecule has 0 spiro atoms. The molecule has 2 aromatic heterocycles. The summed E-state index contributed by atoms with van der Waals surface area (Å²) in [6.45, 7) is 5.89. The molecule has 92 valence electrons. The molecule has 0 saturated heterocycles. The molecular weight excluding hydrogens is 214 g/mol. The van der Waals surface area contributed by atoms with Crippen LogP contribution < -0.4 is 5.32 Å². The standard InChI is InChI=1S/C12H19N5/c1-4-11-12(9-16(3)15-11)13-8-10-6-7-14-17(10)5-2/h6-7,9,13H,4-5,8H2,1-3H3. The van der Waals surface area contributed by atoms with Crippen LogP contribution in [-0.4, -0.2) is 19.6 Å². The minimum absolute atomic E-state index is 0.784. The van der Waals surface area contributed by atoms with Gasteiger partial charge in [0.05, 0.1) is 23.6 Å². The van der Waals surface area contributed by atoms with Crippen molar-refractivity contribution in [1.82, 2.24) is 19.6 Å². The summed E-state index contributed by atoms with van der Waals surface area (Å²) >= 11 is 0. The molecule has 1 N–H and O–H groups in total. The fraction of sp³-hybridized carbons (Fsp3) is 0.500. The molecule has 0 fully saturated rings. The second-order valence-electron chi connectivity index (χ2n) is 4.01. The van der Waals surface area contributed by atoms with Crippen LogP contribution in [0.3, 0.4) is 0 Å². The highest BCUT2D eigenvalue weighted by Gasteiger charge is 2.06. The third-order valence-corrected chi connectivity index (χ3v) is 2.80. The summed E-state index contributed by atoms with van der Waals surface area (Å²) in [5, 5.41) is 12.1. The van der Waals surface area contributed by atoms with Gasteiger partial charge in [0.2, 0.25) is 0 Å². The zero-order valence-electron chi connectivity index (χ0n) is 10.6. The lowest BCUT2D eigenvalue weighted by Gasteiger charge is -2.07. The SMILES string of the molecule is CCc1nn(C)cc1NCc1ccnn1CC. The summed E-state index contributed by atoms with van der Waals surface area (Å²) in [5.41, 5.74) is 3.41. The summed E-state index contributed by atoms with van der Waals surface area (Å²) in [6.07, 6.45) is 4.80. The number of aryl methyl sites for hydroxylation is 3. The largest absolute Gasteiger partial charge is 0.377 e. The molecule has 0 amide bonds. The Balaban J connectivity index is 2.06. The predicted molar refractivity (Wildman–Crippen MR) is 67.8 cm³/mol. The van der Waals surface area contributed by atoms with E-state index in [1.54, 1.807) is 0 Å². The normalized spacial score (nSPS) is 10.8. The van der Waals surface area contributed by atoms with E-state index in [4.69, 9.17) is 0 Å². The lowest BCUT2D eigenvalue weighted by molar-refractivity contribution is 0.627. The molecule has 2 aromatic rings. The summed E-state index contributed by atoms with van der Waals surface area (Å²) in [7, 11) is 1.95. The van der Waals surface area contributed by atoms with Crippen molar-refractivity contribution in [3.63, 3.8) is 0 Å². The van der Waals surface area contributed by atoms with Gasteiger partial charge in [-0.2, -0.15) is 10.2 Å². The molecule has 0 aliphatic carbocycles. The maximum absolute atomic E-state index is 4.40. The van der Waals surface area contributed by atoms with Crippen LogP contribution in [0, 0.1) is 0 Å². The van der Waals surface area contributed by atoms with Gasteiger partial charge in [0, 0.05) is 26.0 Å². The lowest BCUT2D eigenvalue weighted by atomic mass is 10.3. The van der Waals surface area contributed by atoms with Gasteiger partial charge in [-0.25, -0.2) is 0 Å². The Hall–Kier alpha value is -1.78. The van der Waals surface area contributed by atoms with Crippen molar-refractivity contribution in [2.45, 2.75) is 33.4 Å². The maximum atomic E-state index is 4.40. The van der Waals surface area contributed by atoms with Crippen molar-refractivity contribution in [1.29, 1.82) is 0 Å². The van der Waals surface area contributed by atoms with Crippen molar-refractivity contribution in [3.8, 4) is 0 Å². The number of hydrogen-bond donors (Lipinski definition) is 1. The van der Waals surface area contributed by atoms with Crippen LogP contribution in [0.15, 0.2) is 18.5 Å². The fourth-order valence-electron chi connectivity index (χ4n) is 1.92. The van der Waals surface area contributed by atoms with E-state index in [1.165, 1.54) is 5.69 Å². The first-order chi connectivity index (χ1) is 8.24. The molecule has 2 rings (SSSR count). The Morgan fingerprint density at radius 3 is 2.88 bits per heavy atom. The Morgan fingerprint density at radius 1 is 1.35 bits per heavy atom. The Morgan fingerprint density at radius 2 is 2.18 bits per heavy atom. The first-order valence-electron chi connectivity index (χ1n) is 6.01. The number of rotatable bonds is 5. The molecule has 5 nitrogen and oxygen atoms in total. The molecule has 0 saturated carbocycles. The van der Waals surface area contributed by atoms with Crippen molar-refractivity contribution in [2.24, 2.45) is 7.05 Å². The van der Waals surface area contributed by atoms with Crippen molar-refractivity contribution < 1.29 is 0 Å². The van der Waals surface area contributed by atoms with E-state index in [-0.39, 0.29) is 0 Å². The zero-order chi connectivity index (χ0) is 12.3. The Kier molecular flexibility index (Phi) is 3.46. The van der Waals surface area contributed by atoms with Crippen molar-refractivity contribution in [2.75, 3.05) is 5.32 Å². The van der Waals surface area contributed by atoms with Gasteiger partial charge in [0.25, 0.3) is 0 Å². The predicted octanol–water partition coefficient (Wildman–Crippen LogP) is 1.81. The number of hydrogen-bond acceptors (Lipinski definition) is 3. The monoisotopic (exact) mass is 233 g/mol. The molecule has 0 atom stereocenters. The van der Waals surface area contributed by atoms with E-state index in [0.717, 1.165) is 30.9 Å². The van der Waals surface area contributed by atoms with Crippen LogP contribution in [0.1, 0.15) is 25.2 Å². The Bertz CT molecular complexity index is 483. The van der Waals surface area contributed by atoms with Crippen LogP contribution in [0.25, 0.3) is 0 Å². The van der Waals surface area contributed by atoms with E-state index in [1.807, 2.05) is 34.9 Å². The fourth-order valence-corrected chi connectivity index (χ4v) is 1.92. The summed E-state index contributed by atoms with van der Waals surface area (Å²) in [4.78, 5) is 0. The van der Waals surface area contributed by atoms with Gasteiger partial charge < -0.3 is 5.32 Å². The lowest BCUT2D eigenvalue weighted by Crippen LogP contribution is -2.08. The molecular formula is C12H19N5. The third kappa shape index (κ3) is 2.49. The highest BCUT2D eigenvalue weighted by molar-refractivity contribution is 5.46. The van der Waals surface area contributed by atoms with Gasteiger partial charge in [-0.05, 0) is 19.4 Å². The van der Waals surface area contributed by atoms with Crippen LogP contribution >= 0.6 is 0 Å². The van der Waals surface area contributed by atoms with Crippen LogP contribution in [0.5, 0.6) is 0 Å². The minimum Gasteiger partial charge on any atom is -0.377 e. The quantitative estimate of drug-likeness (QED) is 0.856. The van der Waals surface area contributed by atoms with Crippen LogP contribution in [0.4, 0.5) is 5.69 Å². The second kappa shape index (κ2) is 5.03. The van der Waals surface area contributed by atoms with E-state index in [0.29, 0.717) is 0 Å². The molecule has 0 aromatic carbocycles. The second-order valence-corrected chi connectivity index (χ2v) is 4.01. The van der Waals surface area contributed by atoms with Gasteiger partial charge in [0.1, 0.15) is 0 Å². The van der Waals surface area contributed by atoms with E-state index in [2.05, 4.69) is 29.4 Å². The number of nitrogens with zero attached hydrogens (tertiary/aromatic N) is 4.